The van der Waals surface area contributed by atoms with Gasteiger partial charge < -0.3 is 10.5 Å². The molecule has 0 aromatic carbocycles. The maximum atomic E-state index is 5.19. The van der Waals surface area contributed by atoms with E-state index >= 15 is 0 Å². The highest BCUT2D eigenvalue weighted by molar-refractivity contribution is 4.79. The summed E-state index contributed by atoms with van der Waals surface area (Å²) in [5.41, 5.74) is 5.19. The molecule has 1 aliphatic rings. The average Bonchev–Trinajstić information content (AvgIpc) is 1.55. The monoisotopic (exact) mass is 113 g/mol. The van der Waals surface area contributed by atoms with Crippen LogP contribution in [0.15, 0.2) is 12.5 Å². The third-order valence-electron chi connectivity index (χ3n) is 1.37. The Morgan fingerprint density at radius 3 is 2.38 bits per heavy atom. The first-order valence-corrected chi connectivity index (χ1v) is 2.90. The lowest BCUT2D eigenvalue weighted by Gasteiger charge is -2.25. The highest BCUT2D eigenvalue weighted by Gasteiger charge is 2.18. The number of ether oxygens (including phenoxy) is 1. The van der Waals surface area contributed by atoms with Crippen LogP contribution in [0.4, 0.5) is 0 Å². The quantitative estimate of drug-likeness (QED) is 0.542. The molecule has 1 aliphatic carbocycles. The van der Waals surface area contributed by atoms with Crippen LogP contribution < -0.4 is 5.73 Å². The molecule has 0 unspecified atom stereocenters. The molecule has 2 heteroatoms. The van der Waals surface area contributed by atoms with Crippen molar-refractivity contribution in [3.63, 3.8) is 0 Å². The lowest BCUT2D eigenvalue weighted by Crippen LogP contribution is -2.22. The van der Waals surface area contributed by atoms with Crippen LogP contribution in [-0.2, 0) is 4.74 Å². The maximum absolute atomic E-state index is 5.19. The van der Waals surface area contributed by atoms with Crippen molar-refractivity contribution in [3.05, 3.63) is 12.5 Å². The Kier molecular flexibility index (Phi) is 1.42. The molecular weight excluding hydrogens is 102 g/mol. The summed E-state index contributed by atoms with van der Waals surface area (Å²) in [6, 6.07) is 0. The molecule has 0 atom stereocenters. The first-order valence-electron chi connectivity index (χ1n) is 2.90. The molecule has 0 aromatic heterocycles. The predicted octanol–water partition coefficient (Wildman–Crippen LogP) is 0.985. The minimum absolute atomic E-state index is 0.356. The fourth-order valence-corrected chi connectivity index (χ4v) is 0.703. The van der Waals surface area contributed by atoms with E-state index in [9.17, 15) is 0 Å². The Morgan fingerprint density at radius 1 is 1.62 bits per heavy atom. The highest BCUT2D eigenvalue weighted by Crippen LogP contribution is 2.22. The number of rotatable bonds is 2. The fraction of sp³-hybridized carbons (Fsp3) is 0.667. The molecule has 0 saturated heterocycles. The summed E-state index contributed by atoms with van der Waals surface area (Å²) in [5, 5.41) is 0. The molecule has 0 heterocycles. The van der Waals surface area contributed by atoms with Gasteiger partial charge in [0.25, 0.3) is 0 Å². The van der Waals surface area contributed by atoms with Crippen molar-refractivity contribution in [3.8, 4) is 0 Å². The van der Waals surface area contributed by atoms with Crippen molar-refractivity contribution in [2.75, 3.05) is 0 Å². The molecule has 1 fully saturated rings. The average molecular weight is 113 g/mol. The minimum atomic E-state index is 0.356. The van der Waals surface area contributed by atoms with Crippen LogP contribution in [0.2, 0.25) is 0 Å². The van der Waals surface area contributed by atoms with E-state index in [4.69, 9.17) is 10.5 Å². The molecule has 46 valence electrons. The van der Waals surface area contributed by atoms with Crippen molar-refractivity contribution in [2.24, 2.45) is 5.73 Å². The second kappa shape index (κ2) is 2.07. The molecule has 0 aliphatic heterocycles. The topological polar surface area (TPSA) is 35.2 Å². The van der Waals surface area contributed by atoms with Crippen LogP contribution in [0.1, 0.15) is 19.3 Å². The van der Waals surface area contributed by atoms with Crippen molar-refractivity contribution in [1.82, 2.24) is 0 Å². The van der Waals surface area contributed by atoms with Crippen molar-refractivity contribution in [2.45, 2.75) is 25.4 Å². The Balaban J connectivity index is 2.09. The highest BCUT2D eigenvalue weighted by atomic mass is 16.5. The summed E-state index contributed by atoms with van der Waals surface area (Å²) in [6.07, 6.45) is 3.96. The van der Waals surface area contributed by atoms with Crippen LogP contribution >= 0.6 is 0 Å². The van der Waals surface area contributed by atoms with Crippen LogP contribution in [0.5, 0.6) is 0 Å². The van der Waals surface area contributed by atoms with Gasteiger partial charge in [-0.05, 0) is 25.8 Å². The standard InChI is InChI=1S/C6H11NO/c1-5(7)8-6-3-2-4-6/h6H,1-4,7H2. The molecule has 1 rings (SSSR count). The number of hydrogen-bond acceptors (Lipinski definition) is 2. The van der Waals surface area contributed by atoms with Gasteiger partial charge in [-0.25, -0.2) is 0 Å². The SMILES string of the molecule is C=C(N)OC1CCC1. The molecule has 2 nitrogen and oxygen atoms in total. The molecule has 0 aromatic rings. The summed E-state index contributed by atoms with van der Waals surface area (Å²) >= 11 is 0. The summed E-state index contributed by atoms with van der Waals surface area (Å²) in [7, 11) is 0. The van der Waals surface area contributed by atoms with Gasteiger partial charge in [0.2, 0.25) is 0 Å². The normalized spacial score (nSPS) is 19.5. The molecule has 0 amide bonds. The summed E-state index contributed by atoms with van der Waals surface area (Å²) in [5.74, 6) is 0.356. The van der Waals surface area contributed by atoms with Gasteiger partial charge in [0.1, 0.15) is 6.10 Å². The van der Waals surface area contributed by atoms with Gasteiger partial charge in [-0.1, -0.05) is 0 Å². The number of nitrogens with two attached hydrogens (primary N) is 1. The summed E-state index contributed by atoms with van der Waals surface area (Å²) in [6.45, 7) is 3.43. The molecule has 0 radical (unpaired) electrons. The van der Waals surface area contributed by atoms with Crippen LogP contribution in [-0.4, -0.2) is 6.10 Å². The third kappa shape index (κ3) is 1.15. The Labute approximate surface area is 49.3 Å². The van der Waals surface area contributed by atoms with E-state index in [1.165, 1.54) is 6.42 Å². The van der Waals surface area contributed by atoms with E-state index in [2.05, 4.69) is 6.58 Å². The Hall–Kier alpha value is -0.660. The van der Waals surface area contributed by atoms with Gasteiger partial charge in [0.15, 0.2) is 5.88 Å². The molecule has 0 bridgehead atoms. The van der Waals surface area contributed by atoms with E-state index in [0.29, 0.717) is 12.0 Å². The van der Waals surface area contributed by atoms with Gasteiger partial charge in [-0.3, -0.25) is 0 Å². The predicted molar refractivity (Wildman–Crippen MR) is 32.1 cm³/mol. The van der Waals surface area contributed by atoms with E-state index in [0.717, 1.165) is 12.8 Å². The van der Waals surface area contributed by atoms with Crippen molar-refractivity contribution >= 4 is 0 Å². The lowest BCUT2D eigenvalue weighted by molar-refractivity contribution is 0.0516. The van der Waals surface area contributed by atoms with Crippen LogP contribution in [0.3, 0.4) is 0 Å². The van der Waals surface area contributed by atoms with E-state index in [-0.39, 0.29) is 0 Å². The fourth-order valence-electron chi connectivity index (χ4n) is 0.703. The van der Waals surface area contributed by atoms with Crippen LogP contribution in [0, 0.1) is 0 Å². The largest absolute Gasteiger partial charge is 0.477 e. The van der Waals surface area contributed by atoms with E-state index in [1.54, 1.807) is 0 Å². The second-order valence-corrected chi connectivity index (χ2v) is 2.14. The summed E-state index contributed by atoms with van der Waals surface area (Å²) in [4.78, 5) is 0. The molecule has 8 heavy (non-hydrogen) atoms. The lowest BCUT2D eigenvalue weighted by atomic mass is 9.96. The minimum Gasteiger partial charge on any atom is -0.477 e. The zero-order valence-electron chi connectivity index (χ0n) is 4.89. The second-order valence-electron chi connectivity index (χ2n) is 2.14. The molecular formula is C6H11NO. The maximum Gasteiger partial charge on any atom is 0.176 e. The van der Waals surface area contributed by atoms with Crippen molar-refractivity contribution < 1.29 is 4.74 Å². The first kappa shape index (κ1) is 5.48. The third-order valence-corrected chi connectivity index (χ3v) is 1.37. The zero-order chi connectivity index (χ0) is 5.98. The number of hydrogen-bond donors (Lipinski definition) is 1. The van der Waals surface area contributed by atoms with Gasteiger partial charge in [-0.2, -0.15) is 0 Å². The smallest absolute Gasteiger partial charge is 0.176 e. The van der Waals surface area contributed by atoms with Gasteiger partial charge in [-0.15, -0.1) is 0 Å². The van der Waals surface area contributed by atoms with E-state index in [1.807, 2.05) is 0 Å². The van der Waals surface area contributed by atoms with Gasteiger partial charge >= 0.3 is 0 Å². The summed E-state index contributed by atoms with van der Waals surface area (Å²) < 4.78 is 5.07. The zero-order valence-corrected chi connectivity index (χ0v) is 4.89. The van der Waals surface area contributed by atoms with Gasteiger partial charge in [0, 0.05) is 0 Å². The van der Waals surface area contributed by atoms with Crippen LogP contribution in [0.25, 0.3) is 0 Å². The first-order chi connectivity index (χ1) is 3.79. The molecule has 0 spiro atoms. The van der Waals surface area contributed by atoms with Crippen molar-refractivity contribution in [1.29, 1.82) is 0 Å². The molecule has 2 N–H and O–H groups in total. The van der Waals surface area contributed by atoms with E-state index < -0.39 is 0 Å². The Bertz CT molecular complexity index is 96.7. The molecule has 1 saturated carbocycles. The van der Waals surface area contributed by atoms with Gasteiger partial charge in [0.05, 0.1) is 0 Å². The Morgan fingerprint density at radius 2 is 2.25 bits per heavy atom.